The van der Waals surface area contributed by atoms with Crippen LogP contribution in [0.3, 0.4) is 0 Å². The molecule has 0 aliphatic carbocycles. The van der Waals surface area contributed by atoms with Crippen LogP contribution in [0.5, 0.6) is 0 Å². The van der Waals surface area contributed by atoms with E-state index in [1.165, 1.54) is 11.3 Å². The number of hydrogen-bond donors (Lipinski definition) is 1. The predicted octanol–water partition coefficient (Wildman–Crippen LogP) is 1.70. The maximum absolute atomic E-state index is 5.89. The van der Waals surface area contributed by atoms with Crippen LogP contribution in [0, 0.1) is 0 Å². The lowest BCUT2D eigenvalue weighted by atomic mass is 10.1. The van der Waals surface area contributed by atoms with E-state index in [1.807, 2.05) is 0 Å². The third-order valence-electron chi connectivity index (χ3n) is 5.54. The molecule has 1 unspecified atom stereocenters. The Morgan fingerprint density at radius 1 is 1.21 bits per heavy atom. The molecule has 3 aromatic rings. The molecule has 2 aliphatic rings. The summed E-state index contributed by atoms with van der Waals surface area (Å²) in [5, 5.41) is 19.9. The van der Waals surface area contributed by atoms with Gasteiger partial charge < -0.3 is 14.5 Å². The maximum Gasteiger partial charge on any atom is 0.228 e. The number of H-pyrrole nitrogens is 1. The fourth-order valence-electron chi connectivity index (χ4n) is 4.05. The first-order valence-corrected chi connectivity index (χ1v) is 9.74. The number of ether oxygens (including phenoxy) is 1. The van der Waals surface area contributed by atoms with Gasteiger partial charge in [0, 0.05) is 39.0 Å². The van der Waals surface area contributed by atoms with Crippen LogP contribution in [0.2, 0.25) is 0 Å². The Bertz CT molecular complexity index is 931. The van der Waals surface area contributed by atoms with Gasteiger partial charge in [-0.1, -0.05) is 18.2 Å². The first kappa shape index (κ1) is 17.2. The van der Waals surface area contributed by atoms with Gasteiger partial charge in [0.2, 0.25) is 5.95 Å². The number of fused-ring (bicyclic) bond motifs is 1. The van der Waals surface area contributed by atoms with E-state index in [4.69, 9.17) is 4.74 Å². The minimum absolute atomic E-state index is 0.183. The standard InChI is InChI=1S/C19H24N8O/c1-25-8-9-26(12-14-5-2-3-7-17(14)25)19-23-22-18(16-11-20-24-21-16)27(19)13-15-6-4-10-28-15/h2-3,5,7,11,15H,4,6,8-10,12-13H2,1H3,(H,20,21,24). The van der Waals surface area contributed by atoms with Crippen LogP contribution in [0.25, 0.3) is 11.5 Å². The van der Waals surface area contributed by atoms with Crippen molar-refractivity contribution < 1.29 is 4.74 Å². The molecule has 1 N–H and O–H groups in total. The second kappa shape index (κ2) is 7.23. The van der Waals surface area contributed by atoms with Gasteiger partial charge >= 0.3 is 0 Å². The zero-order chi connectivity index (χ0) is 18.9. The van der Waals surface area contributed by atoms with Crippen molar-refractivity contribution in [1.29, 1.82) is 0 Å². The van der Waals surface area contributed by atoms with Gasteiger partial charge in [0.05, 0.1) is 18.8 Å². The molecule has 9 heteroatoms. The number of benzene rings is 1. The van der Waals surface area contributed by atoms with Crippen LogP contribution in [0.4, 0.5) is 11.6 Å². The number of likely N-dealkylation sites (N-methyl/N-ethyl adjacent to an activating group) is 1. The molecule has 2 aliphatic heterocycles. The van der Waals surface area contributed by atoms with Crippen molar-refractivity contribution in [2.75, 3.05) is 36.5 Å². The maximum atomic E-state index is 5.89. The van der Waals surface area contributed by atoms with Gasteiger partial charge in [0.1, 0.15) is 5.69 Å². The van der Waals surface area contributed by atoms with E-state index in [0.717, 1.165) is 57.4 Å². The van der Waals surface area contributed by atoms with E-state index in [0.29, 0.717) is 5.69 Å². The number of hydrogen-bond acceptors (Lipinski definition) is 7. The first-order chi connectivity index (χ1) is 13.8. The molecule has 0 radical (unpaired) electrons. The SMILES string of the molecule is CN1CCN(c2nnc(-c3cn[nH]n3)n2CC2CCCO2)Cc2ccccc21. The molecule has 9 nitrogen and oxygen atoms in total. The van der Waals surface area contributed by atoms with E-state index >= 15 is 0 Å². The molecule has 5 rings (SSSR count). The number of aromatic amines is 1. The summed E-state index contributed by atoms with van der Waals surface area (Å²) in [6.07, 6.45) is 4.03. The molecule has 1 fully saturated rings. The van der Waals surface area contributed by atoms with Gasteiger partial charge in [-0.05, 0) is 24.5 Å². The lowest BCUT2D eigenvalue weighted by Gasteiger charge is -2.24. The van der Waals surface area contributed by atoms with Gasteiger partial charge in [-0.25, -0.2) is 0 Å². The van der Waals surface area contributed by atoms with Gasteiger partial charge in [0.25, 0.3) is 0 Å². The van der Waals surface area contributed by atoms with E-state index in [1.54, 1.807) is 6.20 Å². The molecule has 2 aromatic heterocycles. The Kier molecular flexibility index (Phi) is 4.44. The van der Waals surface area contributed by atoms with Crippen LogP contribution in [0.1, 0.15) is 18.4 Å². The Morgan fingerprint density at radius 3 is 2.96 bits per heavy atom. The van der Waals surface area contributed by atoms with Crippen molar-refractivity contribution >= 4 is 11.6 Å². The summed E-state index contributed by atoms with van der Waals surface area (Å²) in [4.78, 5) is 4.60. The van der Waals surface area contributed by atoms with E-state index in [9.17, 15) is 0 Å². The summed E-state index contributed by atoms with van der Waals surface area (Å²) in [7, 11) is 2.14. The monoisotopic (exact) mass is 380 g/mol. The van der Waals surface area contributed by atoms with Crippen molar-refractivity contribution in [2.45, 2.75) is 32.0 Å². The highest BCUT2D eigenvalue weighted by atomic mass is 16.5. The van der Waals surface area contributed by atoms with Crippen LogP contribution in [0.15, 0.2) is 30.5 Å². The molecule has 0 spiro atoms. The van der Waals surface area contributed by atoms with Crippen molar-refractivity contribution in [2.24, 2.45) is 0 Å². The summed E-state index contributed by atoms with van der Waals surface area (Å²) in [6, 6.07) is 8.54. The predicted molar refractivity (Wildman–Crippen MR) is 105 cm³/mol. The van der Waals surface area contributed by atoms with Crippen LogP contribution in [-0.4, -0.2) is 63.0 Å². The topological polar surface area (TPSA) is 88.0 Å². The van der Waals surface area contributed by atoms with E-state index in [2.05, 4.69) is 71.3 Å². The van der Waals surface area contributed by atoms with Crippen molar-refractivity contribution in [3.05, 3.63) is 36.0 Å². The fraction of sp³-hybridized carbons (Fsp3) is 0.474. The molecular formula is C19H24N8O. The normalized spacial score (nSPS) is 19.7. The number of para-hydroxylation sites is 1. The van der Waals surface area contributed by atoms with Crippen molar-refractivity contribution in [1.82, 2.24) is 30.2 Å². The molecule has 0 bridgehead atoms. The van der Waals surface area contributed by atoms with Gasteiger partial charge in [-0.2, -0.15) is 15.4 Å². The fourth-order valence-corrected chi connectivity index (χ4v) is 4.05. The molecule has 0 saturated carbocycles. The Morgan fingerprint density at radius 2 is 2.14 bits per heavy atom. The number of nitrogens with one attached hydrogen (secondary N) is 1. The summed E-state index contributed by atoms with van der Waals surface area (Å²) in [6.45, 7) is 4.13. The molecular weight excluding hydrogens is 356 g/mol. The average molecular weight is 380 g/mol. The van der Waals surface area contributed by atoms with Crippen LogP contribution in [-0.2, 0) is 17.8 Å². The molecule has 1 aromatic carbocycles. The second-order valence-electron chi connectivity index (χ2n) is 7.40. The number of nitrogens with zero attached hydrogens (tertiary/aromatic N) is 7. The summed E-state index contributed by atoms with van der Waals surface area (Å²) < 4.78 is 8.03. The highest BCUT2D eigenvalue weighted by molar-refractivity contribution is 5.57. The van der Waals surface area contributed by atoms with Gasteiger partial charge in [-0.15, -0.1) is 10.2 Å². The smallest absolute Gasteiger partial charge is 0.228 e. The van der Waals surface area contributed by atoms with Crippen molar-refractivity contribution in [3.63, 3.8) is 0 Å². The lowest BCUT2D eigenvalue weighted by molar-refractivity contribution is 0.0975. The van der Waals surface area contributed by atoms with E-state index in [-0.39, 0.29) is 6.10 Å². The molecule has 4 heterocycles. The highest BCUT2D eigenvalue weighted by Crippen LogP contribution is 2.29. The summed E-state index contributed by atoms with van der Waals surface area (Å²) in [5.41, 5.74) is 3.26. The molecule has 0 amide bonds. The van der Waals surface area contributed by atoms with Crippen LogP contribution < -0.4 is 9.80 Å². The molecule has 146 valence electrons. The summed E-state index contributed by atoms with van der Waals surface area (Å²) in [5.74, 6) is 1.59. The van der Waals surface area contributed by atoms with Crippen LogP contribution >= 0.6 is 0 Å². The van der Waals surface area contributed by atoms with Gasteiger partial charge in [0.15, 0.2) is 5.82 Å². The molecule has 1 saturated heterocycles. The lowest BCUT2D eigenvalue weighted by Crippen LogP contribution is -2.32. The Labute approximate surface area is 163 Å². The minimum Gasteiger partial charge on any atom is -0.376 e. The van der Waals surface area contributed by atoms with Gasteiger partial charge in [-0.3, -0.25) is 4.57 Å². The number of aromatic nitrogens is 6. The number of anilines is 2. The molecule has 1 atom stereocenters. The quantitative estimate of drug-likeness (QED) is 0.737. The largest absolute Gasteiger partial charge is 0.376 e. The Balaban J connectivity index is 1.52. The highest BCUT2D eigenvalue weighted by Gasteiger charge is 2.27. The number of rotatable bonds is 4. The van der Waals surface area contributed by atoms with E-state index < -0.39 is 0 Å². The molecule has 28 heavy (non-hydrogen) atoms. The Hall–Kier alpha value is -2.94. The zero-order valence-electron chi connectivity index (χ0n) is 16.0. The zero-order valence-corrected chi connectivity index (χ0v) is 16.0. The van der Waals surface area contributed by atoms with Crippen molar-refractivity contribution in [3.8, 4) is 11.5 Å². The average Bonchev–Trinajstić information content (AvgIpc) is 3.46. The third kappa shape index (κ3) is 3.11. The summed E-state index contributed by atoms with van der Waals surface area (Å²) >= 11 is 0. The second-order valence-corrected chi connectivity index (χ2v) is 7.40. The minimum atomic E-state index is 0.183. The first-order valence-electron chi connectivity index (χ1n) is 9.74. The third-order valence-corrected chi connectivity index (χ3v) is 5.54.